The minimum absolute atomic E-state index is 0.0210. The van der Waals surface area contributed by atoms with Gasteiger partial charge in [0.05, 0.1) is 22.3 Å². The highest BCUT2D eigenvalue weighted by molar-refractivity contribution is 7.91. The zero-order chi connectivity index (χ0) is 39.4. The van der Waals surface area contributed by atoms with Gasteiger partial charge in [-0.1, -0.05) is 37.1 Å². The molecule has 2 aliphatic heterocycles. The quantitative estimate of drug-likeness (QED) is 0.267. The molecule has 5 aliphatic rings. The van der Waals surface area contributed by atoms with Crippen LogP contribution in [0.3, 0.4) is 0 Å². The second kappa shape index (κ2) is 14.5. The van der Waals surface area contributed by atoms with Crippen molar-refractivity contribution >= 4 is 44.7 Å². The Hall–Kier alpha value is -4.93. The van der Waals surface area contributed by atoms with Crippen molar-refractivity contribution in [2.24, 2.45) is 5.92 Å². The molecule has 1 aromatic carbocycles. The predicted octanol–water partition coefficient (Wildman–Crippen LogP) is 3.74. The molecule has 1 unspecified atom stereocenters. The molecule has 0 bridgehead atoms. The third-order valence-corrected chi connectivity index (χ3v) is 14.0. The van der Waals surface area contributed by atoms with E-state index in [0.717, 1.165) is 25.7 Å². The molecule has 3 aliphatic carbocycles. The van der Waals surface area contributed by atoms with Crippen LogP contribution >= 0.6 is 0 Å². The number of rotatable bonds is 9. The molecule has 17 heteroatoms. The minimum Gasteiger partial charge on any atom is -0.471 e. The number of nitrogens with one attached hydrogen (secondary N) is 3. The lowest BCUT2D eigenvalue weighted by molar-refractivity contribution is -0.141. The lowest BCUT2D eigenvalue weighted by Crippen LogP contribution is -2.58. The van der Waals surface area contributed by atoms with Crippen LogP contribution in [0.1, 0.15) is 112 Å². The molecule has 15 nitrogen and oxygen atoms in total. The van der Waals surface area contributed by atoms with Gasteiger partial charge >= 0.3 is 0 Å². The van der Waals surface area contributed by atoms with Gasteiger partial charge in [-0.2, -0.15) is 0 Å². The first-order chi connectivity index (χ1) is 26.8. The van der Waals surface area contributed by atoms with Gasteiger partial charge in [0.15, 0.2) is 5.69 Å². The Morgan fingerprint density at radius 2 is 1.89 bits per heavy atom. The van der Waals surface area contributed by atoms with E-state index in [-0.39, 0.29) is 48.8 Å². The van der Waals surface area contributed by atoms with E-state index in [1.165, 1.54) is 23.1 Å². The molecule has 3 aromatic rings. The molecule has 5 atom stereocenters. The summed E-state index contributed by atoms with van der Waals surface area (Å²) in [6.07, 6.45) is 9.38. The molecule has 4 heterocycles. The molecular weight excluding hydrogens is 746 g/mol. The van der Waals surface area contributed by atoms with Crippen LogP contribution in [-0.2, 0) is 30.8 Å². The number of amides is 4. The molecule has 8 rings (SSSR count). The Bertz CT molecular complexity index is 2220. The lowest BCUT2D eigenvalue weighted by Gasteiger charge is -2.30. The summed E-state index contributed by atoms with van der Waals surface area (Å²) in [5, 5.41) is 9.66. The third-order valence-electron chi connectivity index (χ3n) is 11.8. The molecule has 1 saturated heterocycles. The zero-order valence-electron chi connectivity index (χ0n) is 31.4. The van der Waals surface area contributed by atoms with Gasteiger partial charge in [0.1, 0.15) is 41.0 Å². The number of fused-ring (bicyclic) bond motifs is 3. The number of nitrogens with zero attached hydrogens (tertiary/aromatic N) is 4. The molecule has 0 spiro atoms. The Balaban J connectivity index is 1.10. The normalized spacial score (nSPS) is 28.2. The zero-order valence-corrected chi connectivity index (χ0v) is 32.2. The fourth-order valence-electron chi connectivity index (χ4n) is 7.67. The van der Waals surface area contributed by atoms with Crippen molar-refractivity contribution in [1.29, 1.82) is 0 Å². The van der Waals surface area contributed by atoms with Crippen LogP contribution in [0.25, 0.3) is 11.0 Å². The number of carbonyl (C=O) groups is 4. The van der Waals surface area contributed by atoms with Crippen LogP contribution in [-0.4, -0.2) is 87.1 Å². The van der Waals surface area contributed by atoms with E-state index in [1.807, 2.05) is 19.1 Å². The fourth-order valence-corrected chi connectivity index (χ4v) is 8.98. The highest BCUT2D eigenvalue weighted by Crippen LogP contribution is 2.47. The maximum Gasteiger partial charge on any atom is 0.274 e. The van der Waals surface area contributed by atoms with E-state index in [0.29, 0.717) is 49.1 Å². The number of hydrogen-bond donors (Lipinski definition) is 3. The van der Waals surface area contributed by atoms with Gasteiger partial charge in [-0.15, -0.1) is 0 Å². The molecule has 298 valence electrons. The third kappa shape index (κ3) is 7.49. The SMILES string of the molecule is CCc1nc2ccc(F)cc2nc1O[C@@H]1C[C@H]2C(=O)N[C@]3(C(=O)NS(=O)(=O)C4(C)CC4)CC3/C=C\CCCCC[C@H](NC(=O)c3cc(C4CC4)on3)C(=O)N2C1. The fraction of sp³-hybridized carbons (Fsp3) is 0.564. The summed E-state index contributed by atoms with van der Waals surface area (Å²) in [4.78, 5) is 67.0. The Morgan fingerprint density at radius 3 is 2.64 bits per heavy atom. The highest BCUT2D eigenvalue weighted by Gasteiger charge is 2.63. The summed E-state index contributed by atoms with van der Waals surface area (Å²) in [7, 11) is -4.01. The van der Waals surface area contributed by atoms with Crippen LogP contribution in [0, 0.1) is 11.7 Å². The van der Waals surface area contributed by atoms with Crippen molar-refractivity contribution in [3.05, 3.63) is 59.4 Å². The first-order valence-electron chi connectivity index (χ1n) is 19.6. The van der Waals surface area contributed by atoms with Gasteiger partial charge in [-0.25, -0.2) is 22.8 Å². The minimum atomic E-state index is -4.01. The molecule has 3 N–H and O–H groups in total. The molecule has 4 amide bonds. The number of sulfonamides is 1. The van der Waals surface area contributed by atoms with Crippen molar-refractivity contribution in [2.45, 2.75) is 125 Å². The number of benzene rings is 1. The number of aryl methyl sites for hydroxylation is 1. The van der Waals surface area contributed by atoms with Crippen molar-refractivity contribution in [3.63, 3.8) is 0 Å². The standard InChI is InChI=1S/C39H46FN7O8S/c1-3-26-35(43-29-17-24(40)13-14-27(29)41-26)54-25-18-31-34(49)44-39(37(51)46-56(52,53)38(2)15-16-38)20-23(39)9-7-5-4-6-8-10-28(36(50)47(31)21-25)42-33(48)30-19-32(55-45-30)22-11-12-22/h7,9,13-14,17,19,22-23,25,28,31H,3-6,8,10-12,15-16,18,20-21H2,1-2H3,(H,42,48)(H,44,49)(H,46,51)/b9-7-/t23?,25-,28+,31+,39-/m1/s1. The average Bonchev–Trinajstić information content (AvgIpc) is 4.13. The van der Waals surface area contributed by atoms with Gasteiger partial charge in [0, 0.05) is 30.4 Å². The number of ether oxygens (including phenoxy) is 1. The maximum atomic E-state index is 14.6. The van der Waals surface area contributed by atoms with Crippen LogP contribution < -0.4 is 20.1 Å². The van der Waals surface area contributed by atoms with Crippen molar-refractivity contribution in [3.8, 4) is 5.88 Å². The second-order valence-corrected chi connectivity index (χ2v) is 18.3. The van der Waals surface area contributed by atoms with E-state index in [9.17, 15) is 32.0 Å². The first kappa shape index (κ1) is 38.0. The Kier molecular flexibility index (Phi) is 9.86. The summed E-state index contributed by atoms with van der Waals surface area (Å²) in [6.45, 7) is 3.36. The van der Waals surface area contributed by atoms with Gasteiger partial charge in [0.2, 0.25) is 27.7 Å². The van der Waals surface area contributed by atoms with E-state index in [2.05, 4.69) is 30.5 Å². The van der Waals surface area contributed by atoms with Crippen LogP contribution in [0.5, 0.6) is 5.88 Å². The number of aromatic nitrogens is 3. The molecule has 0 radical (unpaired) electrons. The molecule has 56 heavy (non-hydrogen) atoms. The maximum absolute atomic E-state index is 14.6. The Labute approximate surface area is 323 Å². The van der Waals surface area contributed by atoms with Crippen LogP contribution in [0.2, 0.25) is 0 Å². The largest absolute Gasteiger partial charge is 0.471 e. The summed E-state index contributed by atoms with van der Waals surface area (Å²) in [5.41, 5.74) is -0.244. The molecule has 3 saturated carbocycles. The first-order valence-corrected chi connectivity index (χ1v) is 21.0. The smallest absolute Gasteiger partial charge is 0.274 e. The van der Waals surface area contributed by atoms with E-state index < -0.39 is 73.9 Å². The van der Waals surface area contributed by atoms with Crippen molar-refractivity contribution in [1.82, 2.24) is 35.4 Å². The Morgan fingerprint density at radius 1 is 1.09 bits per heavy atom. The van der Waals surface area contributed by atoms with Gasteiger partial charge < -0.3 is 24.8 Å². The monoisotopic (exact) mass is 791 g/mol. The van der Waals surface area contributed by atoms with Crippen LogP contribution in [0.15, 0.2) is 40.9 Å². The van der Waals surface area contributed by atoms with Gasteiger partial charge in [0.25, 0.3) is 11.8 Å². The van der Waals surface area contributed by atoms with Crippen LogP contribution in [0.4, 0.5) is 4.39 Å². The topological polar surface area (TPSA) is 203 Å². The average molecular weight is 792 g/mol. The van der Waals surface area contributed by atoms with E-state index >= 15 is 0 Å². The van der Waals surface area contributed by atoms with Gasteiger partial charge in [-0.3, -0.25) is 23.9 Å². The molecule has 4 fully saturated rings. The highest BCUT2D eigenvalue weighted by atomic mass is 32.2. The summed E-state index contributed by atoms with van der Waals surface area (Å²) >= 11 is 0. The molecular formula is C39H46FN7O8S. The molecule has 2 aromatic heterocycles. The number of hydrogen-bond acceptors (Lipinski definition) is 11. The van der Waals surface area contributed by atoms with E-state index in [1.54, 1.807) is 13.0 Å². The predicted molar refractivity (Wildman–Crippen MR) is 199 cm³/mol. The summed E-state index contributed by atoms with van der Waals surface area (Å²) in [6, 6.07) is 3.45. The number of carbonyl (C=O) groups excluding carboxylic acids is 4. The second-order valence-electron chi connectivity index (χ2n) is 16.1. The number of halogens is 1. The van der Waals surface area contributed by atoms with E-state index in [4.69, 9.17) is 9.26 Å². The lowest BCUT2D eigenvalue weighted by atomic mass is 10.0. The van der Waals surface area contributed by atoms with Crippen molar-refractivity contribution in [2.75, 3.05) is 6.54 Å². The van der Waals surface area contributed by atoms with Gasteiger partial charge in [-0.05, 0) is 76.8 Å². The number of allylic oxidation sites excluding steroid dienone is 1. The summed E-state index contributed by atoms with van der Waals surface area (Å²) in [5.74, 6) is -2.58. The summed E-state index contributed by atoms with van der Waals surface area (Å²) < 4.78 is 53.4. The van der Waals surface area contributed by atoms with Crippen molar-refractivity contribution < 1.29 is 41.2 Å².